The summed E-state index contributed by atoms with van der Waals surface area (Å²) >= 11 is 0. The predicted molar refractivity (Wildman–Crippen MR) is 49.0 cm³/mol. The second-order valence-electron chi connectivity index (χ2n) is 2.80. The molecule has 2 atom stereocenters. The highest BCUT2D eigenvalue weighted by Crippen LogP contribution is 2.11. The molecule has 1 aromatic rings. The molecule has 0 aromatic heterocycles. The normalized spacial score (nSPS) is 14.9. The number of benzene rings is 1. The van der Waals surface area contributed by atoms with Crippen LogP contribution in [-0.2, 0) is 4.79 Å². The van der Waals surface area contributed by atoms with Crippen molar-refractivity contribution in [3.05, 3.63) is 35.9 Å². The monoisotopic (exact) mass is 180 g/mol. The number of carboxylic acids is 1. The summed E-state index contributed by atoms with van der Waals surface area (Å²) in [5, 5.41) is 8.61. The Morgan fingerprint density at radius 2 is 1.77 bits per heavy atom. The summed E-state index contributed by atoms with van der Waals surface area (Å²) in [5.74, 6) is -1.09. The third-order valence-corrected chi connectivity index (χ3v) is 1.86. The lowest BCUT2D eigenvalue weighted by Crippen LogP contribution is -2.40. The third-order valence-electron chi connectivity index (χ3n) is 1.86. The Morgan fingerprint density at radius 3 is 2.23 bits per heavy atom. The minimum Gasteiger partial charge on any atom is -0.480 e. The van der Waals surface area contributed by atoms with Crippen LogP contribution in [0, 0.1) is 0 Å². The van der Waals surface area contributed by atoms with Gasteiger partial charge >= 0.3 is 5.97 Å². The Bertz CT molecular complexity index is 287. The molecule has 0 bridgehead atoms. The smallest absolute Gasteiger partial charge is 0.322 e. The first-order valence-corrected chi connectivity index (χ1v) is 3.92. The summed E-state index contributed by atoms with van der Waals surface area (Å²) in [4.78, 5) is 10.5. The number of aliphatic carboxylic acids is 1. The number of carbonyl (C=O) groups is 1. The van der Waals surface area contributed by atoms with Crippen LogP contribution in [0.25, 0.3) is 0 Å². The van der Waals surface area contributed by atoms with Crippen LogP contribution in [0.2, 0.25) is 0 Å². The van der Waals surface area contributed by atoms with Gasteiger partial charge in [0.15, 0.2) is 0 Å². The number of carboxylic acid groups (broad SMARTS) is 1. The largest absolute Gasteiger partial charge is 0.480 e. The van der Waals surface area contributed by atoms with E-state index < -0.39 is 18.1 Å². The second kappa shape index (κ2) is 4.02. The van der Waals surface area contributed by atoms with Crippen molar-refractivity contribution >= 4 is 5.97 Å². The molecule has 0 saturated carbocycles. The van der Waals surface area contributed by atoms with Crippen LogP contribution in [0.5, 0.6) is 0 Å². The van der Waals surface area contributed by atoms with Gasteiger partial charge in [0.2, 0.25) is 0 Å². The SMILES string of the molecule is NC(C(=O)O)[C@H](N)c1ccccc1. The first kappa shape index (κ1) is 9.70. The maximum atomic E-state index is 10.5. The molecule has 0 radical (unpaired) electrons. The van der Waals surface area contributed by atoms with Gasteiger partial charge < -0.3 is 16.6 Å². The van der Waals surface area contributed by atoms with Crippen molar-refractivity contribution in [2.24, 2.45) is 11.5 Å². The van der Waals surface area contributed by atoms with E-state index in [2.05, 4.69) is 0 Å². The van der Waals surface area contributed by atoms with Crippen molar-refractivity contribution in [2.45, 2.75) is 12.1 Å². The molecule has 1 aromatic carbocycles. The fourth-order valence-electron chi connectivity index (χ4n) is 1.04. The molecule has 4 nitrogen and oxygen atoms in total. The summed E-state index contributed by atoms with van der Waals surface area (Å²) in [6, 6.07) is 7.23. The van der Waals surface area contributed by atoms with Gasteiger partial charge in [-0.15, -0.1) is 0 Å². The second-order valence-corrected chi connectivity index (χ2v) is 2.80. The van der Waals surface area contributed by atoms with E-state index in [1.807, 2.05) is 6.07 Å². The highest BCUT2D eigenvalue weighted by Gasteiger charge is 2.21. The average Bonchev–Trinajstić information content (AvgIpc) is 2.17. The number of nitrogens with two attached hydrogens (primary N) is 2. The maximum Gasteiger partial charge on any atom is 0.322 e. The van der Waals surface area contributed by atoms with Gasteiger partial charge in [-0.1, -0.05) is 30.3 Å². The summed E-state index contributed by atoms with van der Waals surface area (Å²) in [6.07, 6.45) is 0. The molecule has 4 heteroatoms. The van der Waals surface area contributed by atoms with Gasteiger partial charge in [-0.05, 0) is 5.56 Å². The molecule has 1 unspecified atom stereocenters. The number of hydrogen-bond acceptors (Lipinski definition) is 3. The van der Waals surface area contributed by atoms with E-state index in [9.17, 15) is 4.79 Å². The molecule has 0 fully saturated rings. The average molecular weight is 180 g/mol. The Hall–Kier alpha value is -1.39. The molecule has 0 aliphatic carbocycles. The van der Waals surface area contributed by atoms with Crippen LogP contribution in [0.4, 0.5) is 0 Å². The minimum absolute atomic E-state index is 0.654. The van der Waals surface area contributed by atoms with Crippen LogP contribution in [-0.4, -0.2) is 17.1 Å². The van der Waals surface area contributed by atoms with Gasteiger partial charge in [-0.2, -0.15) is 0 Å². The van der Waals surface area contributed by atoms with Gasteiger partial charge in [0.05, 0.1) is 6.04 Å². The molecule has 0 saturated heterocycles. The van der Waals surface area contributed by atoms with Crippen molar-refractivity contribution in [1.29, 1.82) is 0 Å². The molecule has 13 heavy (non-hydrogen) atoms. The maximum absolute atomic E-state index is 10.5. The van der Waals surface area contributed by atoms with Crippen molar-refractivity contribution in [2.75, 3.05) is 0 Å². The van der Waals surface area contributed by atoms with Gasteiger partial charge in [0.1, 0.15) is 6.04 Å². The highest BCUT2D eigenvalue weighted by molar-refractivity contribution is 5.74. The molecule has 0 spiro atoms. The van der Waals surface area contributed by atoms with Gasteiger partial charge in [-0.25, -0.2) is 0 Å². The summed E-state index contributed by atoms with van der Waals surface area (Å²) in [5.41, 5.74) is 11.7. The van der Waals surface area contributed by atoms with Crippen LogP contribution >= 0.6 is 0 Å². The summed E-state index contributed by atoms with van der Waals surface area (Å²) in [6.45, 7) is 0. The molecule has 0 amide bonds. The van der Waals surface area contributed by atoms with E-state index in [1.165, 1.54) is 0 Å². The molecular weight excluding hydrogens is 168 g/mol. The van der Waals surface area contributed by atoms with E-state index >= 15 is 0 Å². The van der Waals surface area contributed by atoms with Gasteiger partial charge in [0, 0.05) is 0 Å². The summed E-state index contributed by atoms with van der Waals surface area (Å²) < 4.78 is 0. The number of hydrogen-bond donors (Lipinski definition) is 3. The van der Waals surface area contributed by atoms with E-state index in [0.717, 1.165) is 5.56 Å². The number of rotatable bonds is 3. The lowest BCUT2D eigenvalue weighted by Gasteiger charge is -2.15. The van der Waals surface area contributed by atoms with E-state index in [0.29, 0.717) is 0 Å². The molecule has 0 aliphatic heterocycles. The Kier molecular flexibility index (Phi) is 3.00. The molecule has 0 aliphatic rings. The molecule has 1 rings (SSSR count). The lowest BCUT2D eigenvalue weighted by atomic mass is 10.0. The summed E-state index contributed by atoms with van der Waals surface area (Å²) in [7, 11) is 0. The van der Waals surface area contributed by atoms with E-state index in [-0.39, 0.29) is 0 Å². The lowest BCUT2D eigenvalue weighted by molar-refractivity contribution is -0.139. The van der Waals surface area contributed by atoms with Crippen molar-refractivity contribution < 1.29 is 9.90 Å². The molecule has 5 N–H and O–H groups in total. The van der Waals surface area contributed by atoms with Gasteiger partial charge in [-0.3, -0.25) is 4.79 Å². The Morgan fingerprint density at radius 1 is 1.23 bits per heavy atom. The molecule has 0 heterocycles. The predicted octanol–water partition coefficient (Wildman–Crippen LogP) is 0.0983. The zero-order valence-corrected chi connectivity index (χ0v) is 7.05. The molecular formula is C9H12N2O2. The molecule has 70 valence electrons. The van der Waals surface area contributed by atoms with Crippen LogP contribution < -0.4 is 11.5 Å². The van der Waals surface area contributed by atoms with Crippen LogP contribution in [0.15, 0.2) is 30.3 Å². The third kappa shape index (κ3) is 2.27. The zero-order valence-electron chi connectivity index (χ0n) is 7.05. The highest BCUT2D eigenvalue weighted by atomic mass is 16.4. The Balaban J connectivity index is 2.79. The zero-order chi connectivity index (χ0) is 9.84. The van der Waals surface area contributed by atoms with Crippen LogP contribution in [0.1, 0.15) is 11.6 Å². The topological polar surface area (TPSA) is 89.3 Å². The van der Waals surface area contributed by atoms with Crippen molar-refractivity contribution in [3.8, 4) is 0 Å². The Labute approximate surface area is 76.2 Å². The van der Waals surface area contributed by atoms with Crippen molar-refractivity contribution in [1.82, 2.24) is 0 Å². The van der Waals surface area contributed by atoms with Crippen molar-refractivity contribution in [3.63, 3.8) is 0 Å². The quantitative estimate of drug-likeness (QED) is 0.615. The fraction of sp³-hybridized carbons (Fsp3) is 0.222. The first-order valence-electron chi connectivity index (χ1n) is 3.92. The van der Waals surface area contributed by atoms with Gasteiger partial charge in [0.25, 0.3) is 0 Å². The van der Waals surface area contributed by atoms with Crippen LogP contribution in [0.3, 0.4) is 0 Å². The van der Waals surface area contributed by atoms with E-state index in [1.54, 1.807) is 24.3 Å². The minimum atomic E-state index is -1.09. The first-order chi connectivity index (χ1) is 6.13. The van der Waals surface area contributed by atoms with E-state index in [4.69, 9.17) is 16.6 Å². The standard InChI is InChI=1S/C9H12N2O2/c10-7(8(11)9(12)13)6-4-2-1-3-5-6/h1-5,7-8H,10-11H2,(H,12,13)/t7-,8?/m1/s1. The fourth-order valence-corrected chi connectivity index (χ4v) is 1.04.